The highest BCUT2D eigenvalue weighted by Crippen LogP contribution is 2.45. The highest BCUT2D eigenvalue weighted by molar-refractivity contribution is 5.80. The van der Waals surface area contributed by atoms with E-state index < -0.39 is 56.4 Å². The minimum Gasteiger partial charge on any atom is -0.398 e. The van der Waals surface area contributed by atoms with E-state index in [-0.39, 0.29) is 0 Å². The molecule has 0 aliphatic carbocycles. The standard InChI is InChI=1S/C14H7F6N3O5/c15-13(16,17)7-3-1-2-4-8(7)21-9-5-6-10(28-14(18,19)20)12(23(26)27)11(9)22(24)25/h1-6,21H. The lowest BCUT2D eigenvalue weighted by Gasteiger charge is -2.15. The summed E-state index contributed by atoms with van der Waals surface area (Å²) in [5.74, 6) is -1.49. The van der Waals surface area contributed by atoms with E-state index in [4.69, 9.17) is 0 Å². The van der Waals surface area contributed by atoms with Crippen molar-refractivity contribution < 1.29 is 40.9 Å². The summed E-state index contributed by atoms with van der Waals surface area (Å²) >= 11 is 0. The molecule has 0 aliphatic rings. The van der Waals surface area contributed by atoms with Gasteiger partial charge in [-0.2, -0.15) is 13.2 Å². The first kappa shape index (κ1) is 20.7. The molecule has 0 spiro atoms. The van der Waals surface area contributed by atoms with Gasteiger partial charge in [0.15, 0.2) is 0 Å². The van der Waals surface area contributed by atoms with Gasteiger partial charge >= 0.3 is 23.9 Å². The average Bonchev–Trinajstić information content (AvgIpc) is 2.53. The Morgan fingerprint density at radius 2 is 1.39 bits per heavy atom. The largest absolute Gasteiger partial charge is 0.573 e. The van der Waals surface area contributed by atoms with Crippen LogP contribution in [0.5, 0.6) is 5.75 Å². The maximum atomic E-state index is 13.0. The van der Waals surface area contributed by atoms with E-state index in [1.165, 1.54) is 0 Å². The minimum atomic E-state index is -5.39. The molecular weight excluding hydrogens is 404 g/mol. The van der Waals surface area contributed by atoms with Crippen molar-refractivity contribution in [1.82, 2.24) is 0 Å². The van der Waals surface area contributed by atoms with Crippen molar-refractivity contribution >= 4 is 22.7 Å². The van der Waals surface area contributed by atoms with Crippen LogP contribution in [0.15, 0.2) is 36.4 Å². The molecule has 2 rings (SSSR count). The molecule has 0 aromatic heterocycles. The number of para-hydroxylation sites is 1. The summed E-state index contributed by atoms with van der Waals surface area (Å²) in [5, 5.41) is 24.4. The third-order valence-corrected chi connectivity index (χ3v) is 3.21. The number of hydrogen-bond acceptors (Lipinski definition) is 6. The zero-order chi connectivity index (χ0) is 21.3. The predicted molar refractivity (Wildman–Crippen MR) is 81.2 cm³/mol. The fraction of sp³-hybridized carbons (Fsp3) is 0.143. The van der Waals surface area contributed by atoms with Gasteiger partial charge in [0.25, 0.3) is 0 Å². The fourth-order valence-corrected chi connectivity index (χ4v) is 2.21. The molecule has 14 heteroatoms. The lowest BCUT2D eigenvalue weighted by atomic mass is 10.1. The molecule has 0 saturated heterocycles. The SMILES string of the molecule is O=[N+]([O-])c1c(Nc2ccccc2C(F)(F)F)ccc(OC(F)(F)F)c1[N+](=O)[O-]. The molecule has 1 N–H and O–H groups in total. The van der Waals surface area contributed by atoms with Gasteiger partial charge in [-0.15, -0.1) is 13.2 Å². The van der Waals surface area contributed by atoms with E-state index >= 15 is 0 Å². The first-order chi connectivity index (χ1) is 12.8. The number of benzene rings is 2. The molecule has 0 saturated carbocycles. The van der Waals surface area contributed by atoms with Crippen LogP contribution in [0.3, 0.4) is 0 Å². The highest BCUT2D eigenvalue weighted by Gasteiger charge is 2.41. The van der Waals surface area contributed by atoms with Gasteiger partial charge in [0, 0.05) is 0 Å². The molecular formula is C14H7F6N3O5. The van der Waals surface area contributed by atoms with Crippen LogP contribution in [0.25, 0.3) is 0 Å². The number of alkyl halides is 6. The maximum absolute atomic E-state index is 13.0. The minimum absolute atomic E-state index is 0.386. The van der Waals surface area contributed by atoms with Gasteiger partial charge in [-0.1, -0.05) is 12.1 Å². The Bertz CT molecular complexity index is 929. The van der Waals surface area contributed by atoms with Crippen LogP contribution in [0, 0.1) is 20.2 Å². The summed E-state index contributed by atoms with van der Waals surface area (Å²) in [4.78, 5) is 19.4. The fourth-order valence-electron chi connectivity index (χ4n) is 2.21. The van der Waals surface area contributed by atoms with Crippen LogP contribution in [0.1, 0.15) is 5.56 Å². The summed E-state index contributed by atoms with van der Waals surface area (Å²) in [6.45, 7) is 0. The molecule has 0 amide bonds. The molecule has 150 valence electrons. The van der Waals surface area contributed by atoms with Gasteiger partial charge in [-0.25, -0.2) is 0 Å². The van der Waals surface area contributed by atoms with E-state index in [1.54, 1.807) is 0 Å². The van der Waals surface area contributed by atoms with Gasteiger partial charge in [-0.05, 0) is 24.3 Å². The molecule has 0 heterocycles. The maximum Gasteiger partial charge on any atom is 0.573 e. The van der Waals surface area contributed by atoms with Crippen LogP contribution in [-0.2, 0) is 6.18 Å². The van der Waals surface area contributed by atoms with E-state index in [0.29, 0.717) is 18.2 Å². The Hall–Kier alpha value is -3.58. The number of ether oxygens (including phenoxy) is 1. The predicted octanol–water partition coefficient (Wildman–Crippen LogP) is 5.16. The van der Waals surface area contributed by atoms with Crippen molar-refractivity contribution in [2.45, 2.75) is 12.5 Å². The summed E-state index contributed by atoms with van der Waals surface area (Å²) in [7, 11) is 0. The van der Waals surface area contributed by atoms with E-state index in [0.717, 1.165) is 18.2 Å². The van der Waals surface area contributed by atoms with Gasteiger partial charge in [0.1, 0.15) is 5.69 Å². The molecule has 0 bridgehead atoms. The number of nitro benzene ring substituents is 2. The molecule has 0 radical (unpaired) electrons. The van der Waals surface area contributed by atoms with Crippen LogP contribution >= 0.6 is 0 Å². The summed E-state index contributed by atoms with van der Waals surface area (Å²) < 4.78 is 79.7. The Balaban J connectivity index is 2.66. The van der Waals surface area contributed by atoms with Crippen molar-refractivity contribution in [2.75, 3.05) is 5.32 Å². The van der Waals surface area contributed by atoms with E-state index in [1.807, 2.05) is 5.32 Å². The normalized spacial score (nSPS) is 11.8. The number of halogens is 6. The summed E-state index contributed by atoms with van der Waals surface area (Å²) in [5.41, 5.74) is -5.94. The van der Waals surface area contributed by atoms with Crippen LogP contribution in [0.2, 0.25) is 0 Å². The van der Waals surface area contributed by atoms with E-state index in [9.17, 15) is 46.6 Å². The molecule has 8 nitrogen and oxygen atoms in total. The second-order valence-electron chi connectivity index (χ2n) is 5.04. The molecule has 2 aromatic rings. The van der Waals surface area contributed by atoms with Crippen molar-refractivity contribution in [1.29, 1.82) is 0 Å². The summed E-state index contributed by atoms with van der Waals surface area (Å²) in [6.07, 6.45) is -10.3. The van der Waals surface area contributed by atoms with Crippen LogP contribution in [-0.4, -0.2) is 16.2 Å². The number of hydrogen-bond donors (Lipinski definition) is 1. The Morgan fingerprint density at radius 3 is 1.89 bits per heavy atom. The molecule has 0 fully saturated rings. The first-order valence-corrected chi connectivity index (χ1v) is 6.96. The highest BCUT2D eigenvalue weighted by atomic mass is 19.4. The number of nitro groups is 2. The zero-order valence-electron chi connectivity index (χ0n) is 13.2. The van der Waals surface area contributed by atoms with Crippen LogP contribution in [0.4, 0.5) is 49.1 Å². The van der Waals surface area contributed by atoms with Crippen molar-refractivity contribution in [3.8, 4) is 5.75 Å². The number of nitrogens with one attached hydrogen (secondary N) is 1. The Kier molecular flexibility index (Phi) is 5.33. The Labute approximate surface area is 150 Å². The number of anilines is 2. The zero-order valence-corrected chi connectivity index (χ0v) is 13.2. The number of rotatable bonds is 5. The smallest absolute Gasteiger partial charge is 0.398 e. The Morgan fingerprint density at radius 1 is 0.821 bits per heavy atom. The second-order valence-corrected chi connectivity index (χ2v) is 5.04. The second kappa shape index (κ2) is 7.21. The summed E-state index contributed by atoms with van der Waals surface area (Å²) in [6, 6.07) is 4.67. The van der Waals surface area contributed by atoms with Gasteiger partial charge in [-0.3, -0.25) is 20.2 Å². The quantitative estimate of drug-likeness (QED) is 0.414. The molecule has 0 aliphatic heterocycles. The molecule has 0 atom stereocenters. The van der Waals surface area contributed by atoms with Crippen molar-refractivity contribution in [3.05, 3.63) is 62.2 Å². The molecule has 0 unspecified atom stereocenters. The third-order valence-electron chi connectivity index (χ3n) is 3.21. The average molecular weight is 411 g/mol. The van der Waals surface area contributed by atoms with Gasteiger partial charge in [0.2, 0.25) is 5.75 Å². The topological polar surface area (TPSA) is 108 Å². The van der Waals surface area contributed by atoms with Gasteiger partial charge < -0.3 is 10.1 Å². The van der Waals surface area contributed by atoms with Gasteiger partial charge in [0.05, 0.1) is 21.1 Å². The lowest BCUT2D eigenvalue weighted by Crippen LogP contribution is -2.18. The van der Waals surface area contributed by atoms with Crippen LogP contribution < -0.4 is 10.1 Å². The molecule has 2 aromatic carbocycles. The van der Waals surface area contributed by atoms with E-state index in [2.05, 4.69) is 4.74 Å². The van der Waals surface area contributed by atoms with Crippen molar-refractivity contribution in [3.63, 3.8) is 0 Å². The first-order valence-electron chi connectivity index (χ1n) is 6.96. The monoisotopic (exact) mass is 411 g/mol. The van der Waals surface area contributed by atoms with Crippen molar-refractivity contribution in [2.24, 2.45) is 0 Å². The lowest BCUT2D eigenvalue weighted by molar-refractivity contribution is -0.423. The number of nitrogens with zero attached hydrogens (tertiary/aromatic N) is 2. The third kappa shape index (κ3) is 4.57. The molecule has 28 heavy (non-hydrogen) atoms.